The monoisotopic (exact) mass is 433 g/mol. The summed E-state index contributed by atoms with van der Waals surface area (Å²) < 4.78 is 17.5. The minimum atomic E-state index is -0.264. The van der Waals surface area contributed by atoms with Gasteiger partial charge >= 0.3 is 0 Å². The zero-order valence-electron chi connectivity index (χ0n) is 15.5. The molecule has 2 heterocycles. The van der Waals surface area contributed by atoms with Crippen molar-refractivity contribution >= 4 is 27.5 Å². The van der Waals surface area contributed by atoms with E-state index in [-0.39, 0.29) is 11.7 Å². The molecule has 0 unspecified atom stereocenters. The normalized spacial score (nSPS) is 11.0. The van der Waals surface area contributed by atoms with Gasteiger partial charge in [0.2, 0.25) is 5.91 Å². The molecule has 1 aromatic carbocycles. The number of benzene rings is 1. The highest BCUT2D eigenvalue weighted by Gasteiger charge is 2.15. The lowest BCUT2D eigenvalue weighted by Gasteiger charge is -2.08. The van der Waals surface area contributed by atoms with Crippen LogP contribution in [0, 0.1) is 26.6 Å². The van der Waals surface area contributed by atoms with Crippen LogP contribution >= 0.6 is 15.9 Å². The van der Waals surface area contributed by atoms with E-state index in [1.807, 2.05) is 31.6 Å². The van der Waals surface area contributed by atoms with Crippen molar-refractivity contribution in [1.82, 2.24) is 19.6 Å². The summed E-state index contributed by atoms with van der Waals surface area (Å²) in [5.41, 5.74) is 4.17. The quantitative estimate of drug-likeness (QED) is 0.639. The molecule has 0 aliphatic rings. The van der Waals surface area contributed by atoms with Crippen molar-refractivity contribution in [1.29, 1.82) is 0 Å². The third kappa shape index (κ3) is 4.63. The largest absolute Gasteiger partial charge is 0.323 e. The Morgan fingerprint density at radius 2 is 1.85 bits per heavy atom. The maximum absolute atomic E-state index is 13.1. The fourth-order valence-electron chi connectivity index (χ4n) is 2.82. The third-order valence-corrected chi connectivity index (χ3v) is 5.12. The third-order valence-electron chi connectivity index (χ3n) is 4.35. The highest BCUT2D eigenvalue weighted by molar-refractivity contribution is 9.10. The number of nitrogens with one attached hydrogen (secondary N) is 1. The van der Waals surface area contributed by atoms with Crippen molar-refractivity contribution in [2.24, 2.45) is 0 Å². The Morgan fingerprint density at radius 1 is 1.15 bits per heavy atom. The SMILES string of the molecule is Cc1nn(CCC(=O)Nc2c(C)nn(Cc3ccc(F)cc3)c2C)cc1Br. The number of amides is 1. The molecule has 0 aliphatic carbocycles. The molecule has 8 heteroatoms. The maximum atomic E-state index is 13.1. The van der Waals surface area contributed by atoms with Gasteiger partial charge in [-0.1, -0.05) is 12.1 Å². The molecule has 0 radical (unpaired) electrons. The Kier molecular flexibility index (Phi) is 5.74. The zero-order valence-corrected chi connectivity index (χ0v) is 17.0. The first-order chi connectivity index (χ1) is 12.8. The van der Waals surface area contributed by atoms with E-state index in [9.17, 15) is 9.18 Å². The molecule has 1 amide bonds. The molecule has 142 valence electrons. The van der Waals surface area contributed by atoms with Crippen LogP contribution in [-0.2, 0) is 17.9 Å². The van der Waals surface area contributed by atoms with Crippen LogP contribution in [0.3, 0.4) is 0 Å². The van der Waals surface area contributed by atoms with Gasteiger partial charge in [-0.15, -0.1) is 0 Å². The van der Waals surface area contributed by atoms with Crippen molar-refractivity contribution in [3.05, 3.63) is 63.4 Å². The second-order valence-electron chi connectivity index (χ2n) is 6.45. The van der Waals surface area contributed by atoms with Crippen LogP contribution < -0.4 is 5.32 Å². The number of hydrogen-bond donors (Lipinski definition) is 1. The molecule has 2 aromatic heterocycles. The van der Waals surface area contributed by atoms with Gasteiger partial charge in [-0.2, -0.15) is 10.2 Å². The van der Waals surface area contributed by atoms with Crippen molar-refractivity contribution < 1.29 is 9.18 Å². The van der Waals surface area contributed by atoms with Crippen molar-refractivity contribution in [3.8, 4) is 0 Å². The van der Waals surface area contributed by atoms with Gasteiger partial charge in [0.15, 0.2) is 0 Å². The standard InChI is InChI=1S/C19H21BrFN5O/c1-12-17(20)11-25(23-12)9-8-18(27)22-19-13(2)24-26(14(19)3)10-15-4-6-16(21)7-5-15/h4-7,11H,8-10H2,1-3H3,(H,22,27). The van der Waals surface area contributed by atoms with E-state index >= 15 is 0 Å². The van der Waals surface area contributed by atoms with Crippen LogP contribution in [-0.4, -0.2) is 25.5 Å². The van der Waals surface area contributed by atoms with Crippen molar-refractivity contribution in [2.45, 2.75) is 40.3 Å². The molecule has 3 rings (SSSR count). The highest BCUT2D eigenvalue weighted by Crippen LogP contribution is 2.21. The van der Waals surface area contributed by atoms with E-state index in [1.54, 1.807) is 16.8 Å². The van der Waals surface area contributed by atoms with Gasteiger partial charge in [0.25, 0.3) is 0 Å². The molecule has 0 fully saturated rings. The van der Waals surface area contributed by atoms with Crippen LogP contribution in [0.4, 0.5) is 10.1 Å². The summed E-state index contributed by atoms with van der Waals surface area (Å²) in [4.78, 5) is 12.3. The number of halogens is 2. The zero-order chi connectivity index (χ0) is 19.6. The number of hydrogen-bond acceptors (Lipinski definition) is 3. The predicted octanol–water partition coefficient (Wildman–Crippen LogP) is 3.98. The molecule has 0 bridgehead atoms. The summed E-state index contributed by atoms with van der Waals surface area (Å²) in [6.45, 7) is 6.69. The van der Waals surface area contributed by atoms with E-state index in [4.69, 9.17) is 0 Å². The molecule has 0 aliphatic heterocycles. The predicted molar refractivity (Wildman–Crippen MR) is 105 cm³/mol. The molecule has 0 saturated heterocycles. The summed E-state index contributed by atoms with van der Waals surface area (Å²) in [5.74, 6) is -0.355. The Balaban J connectivity index is 1.65. The van der Waals surface area contributed by atoms with Crippen LogP contribution in [0.15, 0.2) is 34.9 Å². The van der Waals surface area contributed by atoms with E-state index in [0.29, 0.717) is 19.5 Å². The van der Waals surface area contributed by atoms with Crippen molar-refractivity contribution in [3.63, 3.8) is 0 Å². The topological polar surface area (TPSA) is 64.7 Å². The Hall–Kier alpha value is -2.48. The molecular formula is C19H21BrFN5O. The lowest BCUT2D eigenvalue weighted by atomic mass is 10.2. The Labute approximate surface area is 165 Å². The minimum absolute atomic E-state index is 0.0909. The summed E-state index contributed by atoms with van der Waals surface area (Å²) in [5, 5.41) is 11.8. The first kappa shape index (κ1) is 19.3. The first-order valence-corrected chi connectivity index (χ1v) is 9.40. The van der Waals surface area contributed by atoms with Crippen molar-refractivity contribution in [2.75, 3.05) is 5.32 Å². The molecule has 27 heavy (non-hydrogen) atoms. The number of rotatable bonds is 6. The number of aryl methyl sites for hydroxylation is 3. The number of anilines is 1. The minimum Gasteiger partial charge on any atom is -0.323 e. The maximum Gasteiger partial charge on any atom is 0.226 e. The molecule has 0 spiro atoms. The second kappa shape index (κ2) is 8.04. The highest BCUT2D eigenvalue weighted by atomic mass is 79.9. The lowest BCUT2D eigenvalue weighted by molar-refractivity contribution is -0.116. The summed E-state index contributed by atoms with van der Waals surface area (Å²) >= 11 is 3.41. The van der Waals surface area contributed by atoms with Gasteiger partial charge in [-0.05, 0) is 54.4 Å². The molecule has 1 N–H and O–H groups in total. The molecular weight excluding hydrogens is 413 g/mol. The van der Waals surface area contributed by atoms with Crippen LogP contribution in [0.2, 0.25) is 0 Å². The molecule has 0 saturated carbocycles. The lowest BCUT2D eigenvalue weighted by Crippen LogP contribution is -2.16. The van der Waals surface area contributed by atoms with Gasteiger partial charge in [0, 0.05) is 19.2 Å². The van der Waals surface area contributed by atoms with Crippen LogP contribution in [0.25, 0.3) is 0 Å². The van der Waals surface area contributed by atoms with Gasteiger partial charge in [-0.3, -0.25) is 14.2 Å². The summed E-state index contributed by atoms with van der Waals surface area (Å²) in [6, 6.07) is 6.32. The van der Waals surface area contributed by atoms with Gasteiger partial charge in [-0.25, -0.2) is 4.39 Å². The Morgan fingerprint density at radius 3 is 2.48 bits per heavy atom. The molecule has 0 atom stereocenters. The number of carbonyl (C=O) groups excluding carboxylic acids is 1. The van der Waals surface area contributed by atoms with Crippen LogP contribution in [0.5, 0.6) is 0 Å². The smallest absolute Gasteiger partial charge is 0.226 e. The van der Waals surface area contributed by atoms with E-state index < -0.39 is 0 Å². The average Bonchev–Trinajstić information content (AvgIpc) is 3.08. The number of nitrogens with zero attached hydrogens (tertiary/aromatic N) is 4. The molecule has 6 nitrogen and oxygen atoms in total. The first-order valence-electron chi connectivity index (χ1n) is 8.61. The average molecular weight is 434 g/mol. The number of aromatic nitrogens is 4. The second-order valence-corrected chi connectivity index (χ2v) is 7.31. The van der Waals surface area contributed by atoms with E-state index in [2.05, 4.69) is 31.4 Å². The number of carbonyl (C=O) groups is 1. The van der Waals surface area contributed by atoms with Crippen LogP contribution in [0.1, 0.15) is 29.1 Å². The van der Waals surface area contributed by atoms with E-state index in [0.717, 1.165) is 32.8 Å². The fraction of sp³-hybridized carbons (Fsp3) is 0.316. The fourth-order valence-corrected chi connectivity index (χ4v) is 3.14. The van der Waals surface area contributed by atoms with E-state index in [1.165, 1.54) is 12.1 Å². The Bertz CT molecular complexity index is 942. The summed E-state index contributed by atoms with van der Waals surface area (Å²) in [7, 11) is 0. The summed E-state index contributed by atoms with van der Waals surface area (Å²) in [6.07, 6.45) is 2.18. The van der Waals surface area contributed by atoms with Gasteiger partial charge in [0.05, 0.1) is 33.8 Å². The van der Waals surface area contributed by atoms with Gasteiger partial charge < -0.3 is 5.32 Å². The van der Waals surface area contributed by atoms with Gasteiger partial charge in [0.1, 0.15) is 5.82 Å². The molecule has 3 aromatic rings.